The Morgan fingerprint density at radius 1 is 1.08 bits per heavy atom. The van der Waals surface area contributed by atoms with Crippen molar-refractivity contribution >= 4 is 11.6 Å². The maximum atomic E-state index is 4.83. The average Bonchev–Trinajstić information content (AvgIpc) is 3.11. The Bertz CT molecular complexity index is 720. The van der Waals surface area contributed by atoms with Gasteiger partial charge in [-0.2, -0.15) is 0 Å². The second kappa shape index (κ2) is 8.07. The molecule has 2 aromatic rings. The van der Waals surface area contributed by atoms with Crippen LogP contribution in [0.15, 0.2) is 54.6 Å². The predicted octanol–water partition coefficient (Wildman–Crippen LogP) is 4.95. The first kappa shape index (κ1) is 16.7. The highest BCUT2D eigenvalue weighted by Crippen LogP contribution is 2.23. The van der Waals surface area contributed by atoms with Crippen molar-refractivity contribution in [2.45, 2.75) is 26.7 Å². The van der Waals surface area contributed by atoms with Gasteiger partial charge in [-0.15, -0.1) is 0 Å². The number of hydrogen-bond acceptors (Lipinski definition) is 2. The van der Waals surface area contributed by atoms with Crippen LogP contribution in [0.2, 0.25) is 0 Å². The van der Waals surface area contributed by atoms with Crippen molar-refractivity contribution in [3.05, 3.63) is 77.1 Å². The van der Waals surface area contributed by atoms with Gasteiger partial charge in [0.1, 0.15) is 0 Å². The minimum absolute atomic E-state index is 0.999. The summed E-state index contributed by atoms with van der Waals surface area (Å²) in [6.45, 7) is 7.58. The molecule has 124 valence electrons. The van der Waals surface area contributed by atoms with Gasteiger partial charge in [0.15, 0.2) is 0 Å². The second-order valence-corrected chi connectivity index (χ2v) is 6.44. The Kier molecular flexibility index (Phi) is 5.60. The molecule has 2 heterocycles. The summed E-state index contributed by atoms with van der Waals surface area (Å²) in [7, 11) is 0. The lowest BCUT2D eigenvalue weighted by atomic mass is 10.00. The lowest BCUT2D eigenvalue weighted by Gasteiger charge is -2.14. The van der Waals surface area contributed by atoms with E-state index in [0.717, 1.165) is 17.9 Å². The molecular weight excluding hydrogens is 292 g/mol. The highest BCUT2D eigenvalue weighted by molar-refractivity contribution is 5.78. The molecule has 3 rings (SSSR count). The first-order valence-electron chi connectivity index (χ1n) is 8.86. The van der Waals surface area contributed by atoms with Gasteiger partial charge in [0.2, 0.25) is 0 Å². The number of likely N-dealkylation sites (tertiary alicyclic amines) is 1. The van der Waals surface area contributed by atoms with Gasteiger partial charge in [-0.3, -0.25) is 4.90 Å². The molecule has 0 atom stereocenters. The molecular formula is C22H26N2. The van der Waals surface area contributed by atoms with Crippen LogP contribution in [0.1, 0.15) is 42.3 Å². The number of nitrogens with zero attached hydrogens (tertiary/aromatic N) is 2. The number of allylic oxidation sites excluding steroid dienone is 1. The summed E-state index contributed by atoms with van der Waals surface area (Å²) in [6, 6.07) is 15.0. The zero-order chi connectivity index (χ0) is 16.8. The van der Waals surface area contributed by atoms with Crippen LogP contribution < -0.4 is 0 Å². The van der Waals surface area contributed by atoms with Crippen LogP contribution >= 0.6 is 0 Å². The lowest BCUT2D eigenvalue weighted by molar-refractivity contribution is 0.377. The molecule has 0 aliphatic carbocycles. The molecule has 2 nitrogen and oxygen atoms in total. The van der Waals surface area contributed by atoms with E-state index < -0.39 is 0 Å². The van der Waals surface area contributed by atoms with Crippen molar-refractivity contribution in [1.29, 1.82) is 0 Å². The molecule has 0 N–H and O–H groups in total. The van der Waals surface area contributed by atoms with Crippen LogP contribution in [0.25, 0.3) is 11.6 Å². The molecule has 1 aromatic carbocycles. The summed E-state index contributed by atoms with van der Waals surface area (Å²) in [6.07, 6.45) is 9.07. The molecule has 0 amide bonds. The largest absolute Gasteiger partial charge is 0.300 e. The molecule has 0 spiro atoms. The number of aromatic nitrogens is 1. The first-order chi connectivity index (χ1) is 11.8. The third-order valence-corrected chi connectivity index (χ3v) is 4.50. The van der Waals surface area contributed by atoms with Crippen molar-refractivity contribution in [1.82, 2.24) is 9.88 Å². The Morgan fingerprint density at radius 3 is 2.54 bits per heavy atom. The van der Waals surface area contributed by atoms with Crippen LogP contribution in [-0.2, 0) is 0 Å². The van der Waals surface area contributed by atoms with Gasteiger partial charge in [-0.1, -0.05) is 48.0 Å². The zero-order valence-electron chi connectivity index (χ0n) is 14.7. The number of aryl methyl sites for hydroxylation is 1. The molecule has 1 saturated heterocycles. The SMILES string of the molecule is C/C=C/c1cccc(/C(=C/CN2CCCC2)c2ccc(C)cc2)n1. The minimum atomic E-state index is 0.999. The van der Waals surface area contributed by atoms with Gasteiger partial charge in [-0.25, -0.2) is 4.98 Å². The summed E-state index contributed by atoms with van der Waals surface area (Å²) >= 11 is 0. The second-order valence-electron chi connectivity index (χ2n) is 6.44. The quantitative estimate of drug-likeness (QED) is 0.775. The molecule has 1 aliphatic heterocycles. The normalized spacial score (nSPS) is 16.2. The zero-order valence-corrected chi connectivity index (χ0v) is 14.7. The van der Waals surface area contributed by atoms with E-state index in [4.69, 9.17) is 4.98 Å². The van der Waals surface area contributed by atoms with E-state index in [2.05, 4.69) is 66.4 Å². The first-order valence-corrected chi connectivity index (χ1v) is 8.86. The number of pyridine rings is 1. The van der Waals surface area contributed by atoms with E-state index in [0.29, 0.717) is 0 Å². The average molecular weight is 318 g/mol. The fourth-order valence-corrected chi connectivity index (χ4v) is 3.15. The van der Waals surface area contributed by atoms with E-state index >= 15 is 0 Å². The fraction of sp³-hybridized carbons (Fsp3) is 0.318. The summed E-state index contributed by atoms with van der Waals surface area (Å²) in [4.78, 5) is 7.35. The van der Waals surface area contributed by atoms with Crippen LogP contribution in [0.4, 0.5) is 0 Å². The van der Waals surface area contributed by atoms with Gasteiger partial charge >= 0.3 is 0 Å². The van der Waals surface area contributed by atoms with Crippen LogP contribution in [-0.4, -0.2) is 29.5 Å². The molecule has 2 heteroatoms. The van der Waals surface area contributed by atoms with Crippen molar-refractivity contribution in [2.24, 2.45) is 0 Å². The molecule has 0 unspecified atom stereocenters. The molecule has 0 saturated carbocycles. The number of rotatable bonds is 5. The molecule has 1 fully saturated rings. The summed E-state index contributed by atoms with van der Waals surface area (Å²) in [5.41, 5.74) is 5.81. The maximum Gasteiger partial charge on any atom is 0.0712 e. The van der Waals surface area contributed by atoms with Crippen molar-refractivity contribution in [3.8, 4) is 0 Å². The fourth-order valence-electron chi connectivity index (χ4n) is 3.15. The van der Waals surface area contributed by atoms with Crippen molar-refractivity contribution in [2.75, 3.05) is 19.6 Å². The Balaban J connectivity index is 1.95. The highest BCUT2D eigenvalue weighted by Gasteiger charge is 2.12. The van der Waals surface area contributed by atoms with Gasteiger partial charge in [0, 0.05) is 12.1 Å². The lowest BCUT2D eigenvalue weighted by Crippen LogP contribution is -2.19. The van der Waals surface area contributed by atoms with Gasteiger partial charge in [0.25, 0.3) is 0 Å². The van der Waals surface area contributed by atoms with E-state index in [9.17, 15) is 0 Å². The Morgan fingerprint density at radius 2 is 1.83 bits per heavy atom. The number of benzene rings is 1. The topological polar surface area (TPSA) is 16.1 Å². The Labute approximate surface area is 145 Å². The minimum Gasteiger partial charge on any atom is -0.300 e. The van der Waals surface area contributed by atoms with Crippen LogP contribution in [0, 0.1) is 6.92 Å². The molecule has 0 bridgehead atoms. The third kappa shape index (κ3) is 4.21. The van der Waals surface area contributed by atoms with Gasteiger partial charge < -0.3 is 0 Å². The summed E-state index contributed by atoms with van der Waals surface area (Å²) in [5.74, 6) is 0. The van der Waals surface area contributed by atoms with Crippen LogP contribution in [0.5, 0.6) is 0 Å². The van der Waals surface area contributed by atoms with Crippen molar-refractivity contribution < 1.29 is 0 Å². The van der Waals surface area contributed by atoms with Gasteiger partial charge in [0.05, 0.1) is 11.4 Å². The monoisotopic (exact) mass is 318 g/mol. The molecule has 1 aromatic heterocycles. The smallest absolute Gasteiger partial charge is 0.0712 e. The van der Waals surface area contributed by atoms with Gasteiger partial charge in [-0.05, 0) is 63.6 Å². The maximum absolute atomic E-state index is 4.83. The summed E-state index contributed by atoms with van der Waals surface area (Å²) < 4.78 is 0. The van der Waals surface area contributed by atoms with E-state index in [1.54, 1.807) is 0 Å². The number of hydrogen-bond donors (Lipinski definition) is 0. The third-order valence-electron chi connectivity index (χ3n) is 4.50. The molecule has 24 heavy (non-hydrogen) atoms. The van der Waals surface area contributed by atoms with E-state index in [1.807, 2.05) is 13.0 Å². The van der Waals surface area contributed by atoms with Crippen molar-refractivity contribution in [3.63, 3.8) is 0 Å². The summed E-state index contributed by atoms with van der Waals surface area (Å²) in [5, 5.41) is 0. The van der Waals surface area contributed by atoms with E-state index in [-0.39, 0.29) is 0 Å². The standard InChI is InChI=1S/C22H26N2/c1-3-7-20-8-6-9-22(23-20)21(14-17-24-15-4-5-16-24)19-12-10-18(2)11-13-19/h3,6-14H,4-5,15-17H2,1-2H3/b7-3+,21-14+. The molecule has 1 aliphatic rings. The predicted molar refractivity (Wildman–Crippen MR) is 103 cm³/mol. The molecule has 0 radical (unpaired) electrons. The Hall–Kier alpha value is -2.19. The highest BCUT2D eigenvalue weighted by atomic mass is 15.1. The van der Waals surface area contributed by atoms with Crippen LogP contribution in [0.3, 0.4) is 0 Å². The van der Waals surface area contributed by atoms with E-state index in [1.165, 1.54) is 42.6 Å².